The lowest BCUT2D eigenvalue weighted by Gasteiger charge is -2.20. The molecule has 4 rings (SSSR count). The second-order valence-corrected chi connectivity index (χ2v) is 8.35. The molecule has 1 heterocycles. The molecule has 0 unspecified atom stereocenters. The Morgan fingerprint density at radius 1 is 1.08 bits per heavy atom. The van der Waals surface area contributed by atoms with Gasteiger partial charge in [0, 0.05) is 15.4 Å². The normalized spacial score (nSPS) is 15.0. The van der Waals surface area contributed by atoms with E-state index in [1.807, 2.05) is 42.5 Å². The van der Waals surface area contributed by atoms with Crippen molar-refractivity contribution < 1.29 is 13.2 Å². The van der Waals surface area contributed by atoms with Gasteiger partial charge in [-0.3, -0.25) is 4.31 Å². The number of hydrogen-bond donors (Lipinski definition) is 0. The molecule has 3 aromatic rings. The molecule has 0 aliphatic carbocycles. The molecular formula is C18H14BrNO3S. The van der Waals surface area contributed by atoms with E-state index in [-0.39, 0.29) is 6.54 Å². The average molecular weight is 404 g/mol. The number of methoxy groups -OCH3 is 1. The van der Waals surface area contributed by atoms with Gasteiger partial charge in [0.2, 0.25) is 0 Å². The van der Waals surface area contributed by atoms with E-state index in [1.165, 1.54) is 4.31 Å². The van der Waals surface area contributed by atoms with Crippen LogP contribution in [0.25, 0.3) is 10.8 Å². The van der Waals surface area contributed by atoms with E-state index in [1.54, 1.807) is 19.2 Å². The number of nitrogens with zero attached hydrogens (tertiary/aromatic N) is 1. The Morgan fingerprint density at radius 3 is 2.58 bits per heavy atom. The smallest absolute Gasteiger partial charge is 0.265 e. The van der Waals surface area contributed by atoms with Crippen LogP contribution >= 0.6 is 15.9 Å². The third-order valence-corrected chi connectivity index (χ3v) is 6.53. The second-order valence-electron chi connectivity index (χ2n) is 5.60. The van der Waals surface area contributed by atoms with Gasteiger partial charge < -0.3 is 4.74 Å². The Bertz CT molecular complexity index is 1060. The molecule has 0 saturated carbocycles. The molecule has 6 heteroatoms. The third-order valence-electron chi connectivity index (χ3n) is 4.24. The van der Waals surface area contributed by atoms with Crippen molar-refractivity contribution in [2.75, 3.05) is 11.4 Å². The van der Waals surface area contributed by atoms with Crippen molar-refractivity contribution in [2.45, 2.75) is 11.4 Å². The Hall–Kier alpha value is -2.05. The van der Waals surface area contributed by atoms with Crippen molar-refractivity contribution in [3.05, 3.63) is 64.6 Å². The van der Waals surface area contributed by atoms with Gasteiger partial charge in [0.25, 0.3) is 10.0 Å². The highest BCUT2D eigenvalue weighted by atomic mass is 79.9. The molecule has 0 radical (unpaired) electrons. The number of anilines is 1. The van der Waals surface area contributed by atoms with Crippen molar-refractivity contribution in [3.63, 3.8) is 0 Å². The van der Waals surface area contributed by atoms with E-state index in [4.69, 9.17) is 4.74 Å². The maximum absolute atomic E-state index is 13.0. The van der Waals surface area contributed by atoms with Crippen LogP contribution < -0.4 is 9.04 Å². The van der Waals surface area contributed by atoms with Crippen LogP contribution in [-0.4, -0.2) is 15.5 Å². The number of ether oxygens (including phenoxy) is 1. The molecule has 0 aromatic heterocycles. The molecule has 0 atom stereocenters. The van der Waals surface area contributed by atoms with Crippen LogP contribution in [0.15, 0.2) is 64.0 Å². The van der Waals surface area contributed by atoms with Gasteiger partial charge in [-0.2, -0.15) is 0 Å². The summed E-state index contributed by atoms with van der Waals surface area (Å²) >= 11 is 3.44. The van der Waals surface area contributed by atoms with Gasteiger partial charge in [-0.05, 0) is 35.7 Å². The van der Waals surface area contributed by atoms with Crippen LogP contribution in [0, 0.1) is 0 Å². The monoisotopic (exact) mass is 403 g/mol. The number of rotatable bonds is 3. The van der Waals surface area contributed by atoms with Crippen LogP contribution in [0.2, 0.25) is 0 Å². The third kappa shape index (κ3) is 2.21. The van der Waals surface area contributed by atoms with Gasteiger partial charge in [0.15, 0.2) is 0 Å². The van der Waals surface area contributed by atoms with Gasteiger partial charge in [0.05, 0.1) is 24.2 Å². The van der Waals surface area contributed by atoms with E-state index < -0.39 is 10.0 Å². The zero-order chi connectivity index (χ0) is 16.9. The summed E-state index contributed by atoms with van der Waals surface area (Å²) in [7, 11) is -1.99. The van der Waals surface area contributed by atoms with Gasteiger partial charge >= 0.3 is 0 Å². The molecule has 1 aliphatic rings. The predicted molar refractivity (Wildman–Crippen MR) is 98.0 cm³/mol. The fraction of sp³-hybridized carbons (Fsp3) is 0.111. The summed E-state index contributed by atoms with van der Waals surface area (Å²) in [4.78, 5) is 0.365. The number of halogens is 1. The first-order valence-corrected chi connectivity index (χ1v) is 9.62. The van der Waals surface area contributed by atoms with Gasteiger partial charge in [-0.25, -0.2) is 8.42 Å². The van der Waals surface area contributed by atoms with Crippen LogP contribution in [0.3, 0.4) is 0 Å². The minimum absolute atomic E-state index is 0.221. The minimum Gasteiger partial charge on any atom is -0.496 e. The molecule has 24 heavy (non-hydrogen) atoms. The van der Waals surface area contributed by atoms with Crippen LogP contribution in [0.1, 0.15) is 5.56 Å². The maximum atomic E-state index is 13.0. The average Bonchev–Trinajstić information content (AvgIpc) is 2.79. The number of benzene rings is 3. The number of hydrogen-bond acceptors (Lipinski definition) is 3. The van der Waals surface area contributed by atoms with Gasteiger partial charge in [-0.15, -0.1) is 0 Å². The first-order chi connectivity index (χ1) is 11.5. The molecule has 0 fully saturated rings. The molecule has 0 N–H and O–H groups in total. The SMILES string of the molecule is COc1ccc(Br)cc1CN1c2cccc3cccc(c23)S1(=O)=O. The highest BCUT2D eigenvalue weighted by Crippen LogP contribution is 2.43. The van der Waals surface area contributed by atoms with Crippen LogP contribution in [0.5, 0.6) is 5.75 Å². The summed E-state index contributed by atoms with van der Waals surface area (Å²) in [5, 5.41) is 1.71. The summed E-state index contributed by atoms with van der Waals surface area (Å²) in [5.41, 5.74) is 1.52. The lowest BCUT2D eigenvalue weighted by molar-refractivity contribution is 0.409. The Kier molecular flexibility index (Phi) is 3.54. The first kappa shape index (κ1) is 15.5. The molecule has 0 amide bonds. The standard InChI is InChI=1S/C18H14BrNO3S/c1-23-16-9-8-14(19)10-13(16)11-20-15-6-2-4-12-5-3-7-17(18(12)15)24(20,21)22/h2-10H,11H2,1H3. The summed E-state index contributed by atoms with van der Waals surface area (Å²) in [6.45, 7) is 0.221. The van der Waals surface area contributed by atoms with E-state index in [0.717, 1.165) is 20.8 Å². The Balaban J connectivity index is 1.89. The molecule has 0 bridgehead atoms. The number of sulfonamides is 1. The zero-order valence-corrected chi connectivity index (χ0v) is 15.3. The van der Waals surface area contributed by atoms with Gasteiger partial charge in [0.1, 0.15) is 5.75 Å². The molecule has 0 spiro atoms. The minimum atomic E-state index is -3.57. The second kappa shape index (κ2) is 5.50. The molecule has 3 aromatic carbocycles. The molecule has 1 aliphatic heterocycles. The maximum Gasteiger partial charge on any atom is 0.265 e. The molecule has 0 saturated heterocycles. The molecule has 122 valence electrons. The molecule has 4 nitrogen and oxygen atoms in total. The highest BCUT2D eigenvalue weighted by Gasteiger charge is 2.35. The summed E-state index contributed by atoms with van der Waals surface area (Å²) in [6.07, 6.45) is 0. The summed E-state index contributed by atoms with van der Waals surface area (Å²) in [6, 6.07) is 16.6. The van der Waals surface area contributed by atoms with Crippen LogP contribution in [-0.2, 0) is 16.6 Å². The quantitative estimate of drug-likeness (QED) is 0.653. The fourth-order valence-corrected chi connectivity index (χ4v) is 5.25. The largest absolute Gasteiger partial charge is 0.496 e. The van der Waals surface area contributed by atoms with E-state index >= 15 is 0 Å². The van der Waals surface area contributed by atoms with E-state index in [2.05, 4.69) is 15.9 Å². The van der Waals surface area contributed by atoms with Crippen molar-refractivity contribution >= 4 is 42.4 Å². The van der Waals surface area contributed by atoms with E-state index in [0.29, 0.717) is 16.3 Å². The summed E-state index contributed by atoms with van der Waals surface area (Å²) < 4.78 is 33.8. The topological polar surface area (TPSA) is 46.6 Å². The van der Waals surface area contributed by atoms with Crippen molar-refractivity contribution in [2.24, 2.45) is 0 Å². The first-order valence-electron chi connectivity index (χ1n) is 7.39. The Morgan fingerprint density at radius 2 is 1.83 bits per heavy atom. The fourth-order valence-electron chi connectivity index (χ4n) is 3.15. The zero-order valence-electron chi connectivity index (χ0n) is 12.9. The lowest BCUT2D eigenvalue weighted by Crippen LogP contribution is -2.26. The molecular weight excluding hydrogens is 390 g/mol. The van der Waals surface area contributed by atoms with Crippen LogP contribution in [0.4, 0.5) is 5.69 Å². The predicted octanol–water partition coefficient (Wildman–Crippen LogP) is 4.32. The van der Waals surface area contributed by atoms with Crippen molar-refractivity contribution in [3.8, 4) is 5.75 Å². The van der Waals surface area contributed by atoms with Crippen molar-refractivity contribution in [1.29, 1.82) is 0 Å². The lowest BCUT2D eigenvalue weighted by atomic mass is 10.1. The summed E-state index contributed by atoms with van der Waals surface area (Å²) in [5.74, 6) is 0.663. The highest BCUT2D eigenvalue weighted by molar-refractivity contribution is 9.10. The van der Waals surface area contributed by atoms with Gasteiger partial charge in [-0.1, -0.05) is 40.2 Å². The Labute approximate surface area is 148 Å². The van der Waals surface area contributed by atoms with Crippen molar-refractivity contribution in [1.82, 2.24) is 0 Å². The van der Waals surface area contributed by atoms with E-state index in [9.17, 15) is 8.42 Å².